The molecule has 0 bridgehead atoms. The van der Waals surface area contributed by atoms with E-state index in [4.69, 9.17) is 15.9 Å². The number of carbonyl (C=O) groups excluding carboxylic acids is 1. The maximum absolute atomic E-state index is 13.7. The lowest BCUT2D eigenvalue weighted by Crippen LogP contribution is -2.55. The third kappa shape index (κ3) is 5.05. The first-order chi connectivity index (χ1) is 13.3. The van der Waals surface area contributed by atoms with Gasteiger partial charge in [-0.2, -0.15) is 0 Å². The number of rotatable bonds is 8. The van der Waals surface area contributed by atoms with Crippen molar-refractivity contribution < 1.29 is 19.0 Å². The van der Waals surface area contributed by atoms with E-state index in [1.54, 1.807) is 38.2 Å². The summed E-state index contributed by atoms with van der Waals surface area (Å²) in [5.41, 5.74) is 5.58. The molecule has 1 aliphatic carbocycles. The fourth-order valence-corrected chi connectivity index (χ4v) is 2.46. The molecule has 0 radical (unpaired) electrons. The molecular weight excluding hydrogens is 363 g/mol. The predicted octanol–water partition coefficient (Wildman–Crippen LogP) is 1.12. The summed E-state index contributed by atoms with van der Waals surface area (Å²) < 4.78 is 19.4. The van der Waals surface area contributed by atoms with Gasteiger partial charge >= 0.3 is 0 Å². The molecule has 2 rings (SSSR count). The number of hydrogen-bond acceptors (Lipinski definition) is 6. The number of ether oxygens (including phenoxy) is 1. The van der Waals surface area contributed by atoms with E-state index in [2.05, 4.69) is 10.6 Å². The van der Waals surface area contributed by atoms with Gasteiger partial charge in [0.1, 0.15) is 23.9 Å². The minimum atomic E-state index is -0.986. The third-order valence-electron chi connectivity index (χ3n) is 4.30. The SMILES string of the molecule is CN/C(C(=O)NC(C)(CN)CO)=C1/C=C(OCc2ccccc2F)C=CC1=N. The highest BCUT2D eigenvalue weighted by Gasteiger charge is 2.27. The number of nitrogens with two attached hydrogens (primary N) is 1. The Morgan fingerprint density at radius 3 is 2.68 bits per heavy atom. The van der Waals surface area contributed by atoms with Crippen LogP contribution < -0.4 is 16.4 Å². The van der Waals surface area contributed by atoms with Crippen molar-refractivity contribution in [3.05, 3.63) is 70.9 Å². The van der Waals surface area contributed by atoms with Crippen LogP contribution in [0, 0.1) is 11.2 Å². The van der Waals surface area contributed by atoms with Gasteiger partial charge in [-0.05, 0) is 31.2 Å². The lowest BCUT2D eigenvalue weighted by atomic mass is 9.99. The quantitative estimate of drug-likeness (QED) is 0.427. The standard InChI is InChI=1S/C20H25FN4O3/c1-20(11-22,12-26)25-19(27)18(24-2)15-9-14(7-8-17(15)23)28-10-13-5-3-4-6-16(13)21/h3-9,23-24,26H,10-12,22H2,1-2H3,(H,25,27)/b18-15-,23-17?. The van der Waals surface area contributed by atoms with Gasteiger partial charge in [0.15, 0.2) is 0 Å². The molecule has 8 heteroatoms. The van der Waals surface area contributed by atoms with Crippen LogP contribution in [0.5, 0.6) is 0 Å². The topological polar surface area (TPSA) is 120 Å². The van der Waals surface area contributed by atoms with Crippen LogP contribution in [0.25, 0.3) is 0 Å². The molecule has 0 spiro atoms. The van der Waals surface area contributed by atoms with E-state index in [1.807, 2.05) is 0 Å². The summed E-state index contributed by atoms with van der Waals surface area (Å²) in [5, 5.41) is 23.0. The van der Waals surface area contributed by atoms with Crippen molar-refractivity contribution in [1.82, 2.24) is 10.6 Å². The van der Waals surface area contributed by atoms with Crippen LogP contribution in [0.4, 0.5) is 4.39 Å². The Morgan fingerprint density at radius 1 is 1.36 bits per heavy atom. The Kier molecular flexibility index (Phi) is 7.08. The highest BCUT2D eigenvalue weighted by Crippen LogP contribution is 2.19. The van der Waals surface area contributed by atoms with E-state index < -0.39 is 11.4 Å². The molecule has 6 N–H and O–H groups in total. The summed E-state index contributed by atoms with van der Waals surface area (Å²) in [6.07, 6.45) is 4.60. The zero-order valence-corrected chi connectivity index (χ0v) is 15.9. The van der Waals surface area contributed by atoms with E-state index in [0.29, 0.717) is 16.9 Å². The van der Waals surface area contributed by atoms with Crippen molar-refractivity contribution >= 4 is 11.6 Å². The van der Waals surface area contributed by atoms with Gasteiger partial charge in [-0.3, -0.25) is 4.79 Å². The molecule has 0 heterocycles. The Hall–Kier alpha value is -2.97. The summed E-state index contributed by atoms with van der Waals surface area (Å²) in [7, 11) is 1.56. The maximum atomic E-state index is 13.7. The Balaban J connectivity index is 2.25. The van der Waals surface area contributed by atoms with Gasteiger partial charge in [0, 0.05) is 24.7 Å². The first kappa shape index (κ1) is 21.3. The summed E-state index contributed by atoms with van der Waals surface area (Å²) in [6.45, 7) is 1.35. The molecule has 1 atom stereocenters. The molecule has 150 valence electrons. The van der Waals surface area contributed by atoms with Gasteiger partial charge in [0.05, 0.1) is 17.9 Å². The molecule has 1 amide bonds. The summed E-state index contributed by atoms with van der Waals surface area (Å²) in [4.78, 5) is 12.6. The number of nitrogens with one attached hydrogen (secondary N) is 3. The van der Waals surface area contributed by atoms with E-state index >= 15 is 0 Å². The van der Waals surface area contributed by atoms with E-state index in [0.717, 1.165) is 0 Å². The highest BCUT2D eigenvalue weighted by atomic mass is 19.1. The number of allylic oxidation sites excluding steroid dienone is 4. The number of halogens is 1. The maximum Gasteiger partial charge on any atom is 0.268 e. The van der Waals surface area contributed by atoms with Crippen LogP contribution in [0.2, 0.25) is 0 Å². The molecule has 1 aromatic rings. The number of hydrogen-bond donors (Lipinski definition) is 5. The molecule has 1 unspecified atom stereocenters. The fraction of sp³-hybridized carbons (Fsp3) is 0.300. The minimum absolute atomic E-state index is 0.0142. The van der Waals surface area contributed by atoms with Crippen molar-refractivity contribution in [2.45, 2.75) is 19.1 Å². The summed E-state index contributed by atoms with van der Waals surface area (Å²) >= 11 is 0. The molecular formula is C20H25FN4O3. The van der Waals surface area contributed by atoms with Crippen molar-refractivity contribution in [3.63, 3.8) is 0 Å². The molecule has 0 saturated carbocycles. The highest BCUT2D eigenvalue weighted by molar-refractivity contribution is 6.14. The molecule has 0 aromatic heterocycles. The third-order valence-corrected chi connectivity index (χ3v) is 4.30. The van der Waals surface area contributed by atoms with Gasteiger partial charge in [-0.1, -0.05) is 18.2 Å². The summed E-state index contributed by atoms with van der Waals surface area (Å²) in [5.74, 6) is -0.491. The first-order valence-electron chi connectivity index (χ1n) is 8.74. The second kappa shape index (κ2) is 9.29. The Bertz CT molecular complexity index is 842. The van der Waals surface area contributed by atoms with Gasteiger partial charge in [0.25, 0.3) is 5.91 Å². The van der Waals surface area contributed by atoms with Crippen LogP contribution in [0.15, 0.2) is 59.5 Å². The zero-order chi connectivity index (χ0) is 20.7. The molecule has 1 aromatic carbocycles. The predicted molar refractivity (Wildman–Crippen MR) is 105 cm³/mol. The number of aliphatic hydroxyl groups is 1. The largest absolute Gasteiger partial charge is 0.489 e. The average molecular weight is 388 g/mol. The van der Waals surface area contributed by atoms with Crippen molar-refractivity contribution in [2.24, 2.45) is 5.73 Å². The van der Waals surface area contributed by atoms with Crippen LogP contribution in [-0.4, -0.2) is 42.5 Å². The van der Waals surface area contributed by atoms with Crippen LogP contribution in [0.1, 0.15) is 12.5 Å². The zero-order valence-electron chi connectivity index (χ0n) is 15.9. The number of aliphatic hydroxyl groups excluding tert-OH is 1. The average Bonchev–Trinajstić information content (AvgIpc) is 2.69. The summed E-state index contributed by atoms with van der Waals surface area (Å²) in [6, 6.07) is 6.28. The van der Waals surface area contributed by atoms with Crippen molar-refractivity contribution in [3.8, 4) is 0 Å². The van der Waals surface area contributed by atoms with Gasteiger partial charge in [-0.25, -0.2) is 4.39 Å². The molecule has 28 heavy (non-hydrogen) atoms. The first-order valence-corrected chi connectivity index (χ1v) is 8.74. The Morgan fingerprint density at radius 2 is 2.07 bits per heavy atom. The molecule has 0 aliphatic heterocycles. The van der Waals surface area contributed by atoms with Crippen LogP contribution in [-0.2, 0) is 16.1 Å². The smallest absolute Gasteiger partial charge is 0.268 e. The van der Waals surface area contributed by atoms with Crippen LogP contribution in [0.3, 0.4) is 0 Å². The van der Waals surface area contributed by atoms with E-state index in [9.17, 15) is 14.3 Å². The minimum Gasteiger partial charge on any atom is -0.489 e. The van der Waals surface area contributed by atoms with Crippen LogP contribution >= 0.6 is 0 Å². The van der Waals surface area contributed by atoms with Gasteiger partial charge < -0.3 is 31.6 Å². The van der Waals surface area contributed by atoms with E-state index in [-0.39, 0.29) is 37.0 Å². The second-order valence-electron chi connectivity index (χ2n) is 6.59. The lowest BCUT2D eigenvalue weighted by molar-refractivity contribution is -0.120. The second-order valence-corrected chi connectivity index (χ2v) is 6.59. The van der Waals surface area contributed by atoms with Crippen molar-refractivity contribution in [2.75, 3.05) is 20.2 Å². The van der Waals surface area contributed by atoms with Gasteiger partial charge in [-0.15, -0.1) is 0 Å². The fourth-order valence-electron chi connectivity index (χ4n) is 2.46. The Labute approximate surface area is 163 Å². The molecule has 0 saturated heterocycles. The molecule has 7 nitrogen and oxygen atoms in total. The van der Waals surface area contributed by atoms with Crippen molar-refractivity contribution in [1.29, 1.82) is 5.41 Å². The number of benzene rings is 1. The number of amides is 1. The van der Waals surface area contributed by atoms with E-state index in [1.165, 1.54) is 18.2 Å². The number of carbonyl (C=O) groups is 1. The normalized spacial score (nSPS) is 17.5. The van der Waals surface area contributed by atoms with Gasteiger partial charge in [0.2, 0.25) is 0 Å². The molecule has 0 fully saturated rings. The number of likely N-dealkylation sites (N-methyl/N-ethyl adjacent to an activating group) is 1. The molecule has 1 aliphatic rings. The monoisotopic (exact) mass is 388 g/mol. The lowest BCUT2D eigenvalue weighted by Gasteiger charge is -2.28.